The van der Waals surface area contributed by atoms with Gasteiger partial charge in [0.05, 0.1) is 5.69 Å². The minimum atomic E-state index is -0.307. The van der Waals surface area contributed by atoms with Gasteiger partial charge in [-0.2, -0.15) is 0 Å². The van der Waals surface area contributed by atoms with Crippen LogP contribution in [0.25, 0.3) is 0 Å². The Morgan fingerprint density at radius 1 is 1.06 bits per heavy atom. The van der Waals surface area contributed by atoms with Gasteiger partial charge in [-0.05, 0) is 23.6 Å². The summed E-state index contributed by atoms with van der Waals surface area (Å²) < 4.78 is 4.87. The maximum absolute atomic E-state index is 11.6. The van der Waals surface area contributed by atoms with E-state index in [-0.39, 0.29) is 25.0 Å². The molecule has 0 spiro atoms. The van der Waals surface area contributed by atoms with Crippen molar-refractivity contribution in [3.05, 3.63) is 29.8 Å². The van der Waals surface area contributed by atoms with E-state index in [1.54, 1.807) is 12.1 Å². The first-order valence-corrected chi connectivity index (χ1v) is 5.63. The van der Waals surface area contributed by atoms with Gasteiger partial charge in [-0.15, -0.1) is 0 Å². The number of benzene rings is 1. The number of carbonyl (C=O) groups excluding carboxylic acids is 2. The van der Waals surface area contributed by atoms with Gasteiger partial charge in [0, 0.05) is 0 Å². The van der Waals surface area contributed by atoms with Crippen LogP contribution in [0.1, 0.15) is 25.3 Å². The first-order chi connectivity index (χ1) is 8.09. The van der Waals surface area contributed by atoms with Gasteiger partial charge in [0.25, 0.3) is 11.8 Å². The number of hydrogen-bond donors (Lipinski definition) is 0. The second-order valence-corrected chi connectivity index (χ2v) is 4.36. The maximum Gasteiger partial charge on any atom is 0.259 e. The monoisotopic (exact) mass is 233 g/mol. The molecule has 1 heterocycles. The van der Waals surface area contributed by atoms with E-state index in [0.29, 0.717) is 11.6 Å². The minimum absolute atomic E-state index is 0.0301. The second-order valence-electron chi connectivity index (χ2n) is 4.36. The Labute approximate surface area is 100 Å². The number of morpholine rings is 1. The van der Waals surface area contributed by atoms with Crippen molar-refractivity contribution in [2.24, 2.45) is 0 Å². The summed E-state index contributed by atoms with van der Waals surface area (Å²) in [5.74, 6) is -0.183. The molecule has 0 aromatic heterocycles. The zero-order valence-corrected chi connectivity index (χ0v) is 9.97. The van der Waals surface area contributed by atoms with E-state index in [2.05, 4.69) is 13.8 Å². The molecule has 0 saturated carbocycles. The van der Waals surface area contributed by atoms with Gasteiger partial charge >= 0.3 is 0 Å². The van der Waals surface area contributed by atoms with Crippen LogP contribution >= 0.6 is 0 Å². The molecule has 1 aliphatic rings. The molecule has 1 aromatic carbocycles. The molecule has 1 aromatic rings. The van der Waals surface area contributed by atoms with Crippen LogP contribution in [0, 0.1) is 0 Å². The highest BCUT2D eigenvalue weighted by Crippen LogP contribution is 2.21. The largest absolute Gasteiger partial charge is 0.362 e. The lowest BCUT2D eigenvalue weighted by Crippen LogP contribution is -2.46. The van der Waals surface area contributed by atoms with Crippen LogP contribution in [0.3, 0.4) is 0 Å². The quantitative estimate of drug-likeness (QED) is 0.730. The number of hydrogen-bond acceptors (Lipinski definition) is 3. The Hall–Kier alpha value is -1.68. The fourth-order valence-corrected chi connectivity index (χ4v) is 1.79. The van der Waals surface area contributed by atoms with E-state index in [1.807, 2.05) is 12.1 Å². The van der Waals surface area contributed by atoms with Crippen LogP contribution in [0.15, 0.2) is 24.3 Å². The molecule has 1 saturated heterocycles. The zero-order valence-electron chi connectivity index (χ0n) is 9.97. The number of imide groups is 1. The molecule has 1 fully saturated rings. The standard InChI is InChI=1S/C13H15NO3/c1-9(2)10-3-5-11(6-4-10)14-12(15)7-17-8-13(14)16/h3-6,9H,7-8H2,1-2H3. The van der Waals surface area contributed by atoms with Crippen LogP contribution in [0.5, 0.6) is 0 Å². The van der Waals surface area contributed by atoms with Crippen molar-refractivity contribution in [1.29, 1.82) is 0 Å². The summed E-state index contributed by atoms with van der Waals surface area (Å²) in [7, 11) is 0. The summed E-state index contributed by atoms with van der Waals surface area (Å²) in [6, 6.07) is 7.49. The number of nitrogens with zero attached hydrogens (tertiary/aromatic N) is 1. The molecule has 17 heavy (non-hydrogen) atoms. The molecular weight excluding hydrogens is 218 g/mol. The topological polar surface area (TPSA) is 46.6 Å². The fraction of sp³-hybridized carbons (Fsp3) is 0.385. The Bertz CT molecular complexity index is 420. The lowest BCUT2D eigenvalue weighted by molar-refractivity contribution is -0.138. The highest BCUT2D eigenvalue weighted by atomic mass is 16.5. The van der Waals surface area contributed by atoms with E-state index in [9.17, 15) is 9.59 Å². The van der Waals surface area contributed by atoms with E-state index in [4.69, 9.17) is 4.74 Å². The summed E-state index contributed by atoms with van der Waals surface area (Å²) in [6.07, 6.45) is 0. The molecule has 4 nitrogen and oxygen atoms in total. The van der Waals surface area contributed by atoms with Crippen molar-refractivity contribution >= 4 is 17.5 Å². The summed E-state index contributed by atoms with van der Waals surface area (Å²) >= 11 is 0. The van der Waals surface area contributed by atoms with Crippen LogP contribution in [0.2, 0.25) is 0 Å². The summed E-state index contributed by atoms with van der Waals surface area (Å²) in [5, 5.41) is 0. The lowest BCUT2D eigenvalue weighted by Gasteiger charge is -2.25. The average Bonchev–Trinajstić information content (AvgIpc) is 2.29. The van der Waals surface area contributed by atoms with Gasteiger partial charge in [-0.25, -0.2) is 4.90 Å². The normalized spacial score (nSPS) is 16.8. The molecule has 0 radical (unpaired) electrons. The molecule has 0 N–H and O–H groups in total. The third-order valence-corrected chi connectivity index (χ3v) is 2.77. The lowest BCUT2D eigenvalue weighted by atomic mass is 10.0. The van der Waals surface area contributed by atoms with Gasteiger partial charge in [0.1, 0.15) is 13.2 Å². The molecule has 0 aliphatic carbocycles. The molecule has 4 heteroatoms. The Kier molecular flexibility index (Phi) is 3.24. The van der Waals surface area contributed by atoms with Gasteiger partial charge in [0.15, 0.2) is 0 Å². The van der Waals surface area contributed by atoms with E-state index >= 15 is 0 Å². The van der Waals surface area contributed by atoms with Crippen molar-refractivity contribution in [3.8, 4) is 0 Å². The first-order valence-electron chi connectivity index (χ1n) is 5.63. The predicted molar refractivity (Wildman–Crippen MR) is 63.8 cm³/mol. The molecule has 2 rings (SSSR count). The van der Waals surface area contributed by atoms with E-state index in [1.165, 1.54) is 10.5 Å². The molecule has 0 atom stereocenters. The maximum atomic E-state index is 11.6. The molecule has 2 amide bonds. The first kappa shape index (κ1) is 11.8. The van der Waals surface area contributed by atoms with Crippen LogP contribution in [-0.2, 0) is 14.3 Å². The number of amides is 2. The summed E-state index contributed by atoms with van der Waals surface area (Å²) in [4.78, 5) is 24.4. The fourth-order valence-electron chi connectivity index (χ4n) is 1.79. The zero-order chi connectivity index (χ0) is 12.4. The Morgan fingerprint density at radius 3 is 2.06 bits per heavy atom. The van der Waals surface area contributed by atoms with E-state index < -0.39 is 0 Å². The van der Waals surface area contributed by atoms with Crippen LogP contribution < -0.4 is 4.90 Å². The third-order valence-electron chi connectivity index (χ3n) is 2.77. The molecular formula is C13H15NO3. The highest BCUT2D eigenvalue weighted by Gasteiger charge is 2.27. The number of rotatable bonds is 2. The predicted octanol–water partition coefficient (Wildman–Crippen LogP) is 1.70. The van der Waals surface area contributed by atoms with Crippen molar-refractivity contribution in [3.63, 3.8) is 0 Å². The molecule has 1 aliphatic heterocycles. The van der Waals surface area contributed by atoms with Crippen molar-refractivity contribution in [2.75, 3.05) is 18.1 Å². The Morgan fingerprint density at radius 2 is 1.59 bits per heavy atom. The smallest absolute Gasteiger partial charge is 0.259 e. The molecule has 0 unspecified atom stereocenters. The van der Waals surface area contributed by atoms with Crippen molar-refractivity contribution < 1.29 is 14.3 Å². The third kappa shape index (κ3) is 2.36. The number of ether oxygens (including phenoxy) is 1. The second kappa shape index (κ2) is 4.67. The number of anilines is 1. The summed E-state index contributed by atoms with van der Waals surface area (Å²) in [6.45, 7) is 4.13. The number of carbonyl (C=O) groups is 2. The van der Waals surface area contributed by atoms with Gasteiger partial charge in [-0.3, -0.25) is 9.59 Å². The average molecular weight is 233 g/mol. The van der Waals surface area contributed by atoms with E-state index in [0.717, 1.165) is 0 Å². The molecule has 90 valence electrons. The SMILES string of the molecule is CC(C)c1ccc(N2C(=O)COCC2=O)cc1. The van der Waals surface area contributed by atoms with Crippen molar-refractivity contribution in [1.82, 2.24) is 0 Å². The summed E-state index contributed by atoms with van der Waals surface area (Å²) in [5.41, 5.74) is 1.80. The van der Waals surface area contributed by atoms with Crippen LogP contribution in [-0.4, -0.2) is 25.0 Å². The minimum Gasteiger partial charge on any atom is -0.362 e. The highest BCUT2D eigenvalue weighted by molar-refractivity contribution is 6.16. The molecule has 0 bridgehead atoms. The van der Waals surface area contributed by atoms with Gasteiger partial charge < -0.3 is 4.74 Å². The van der Waals surface area contributed by atoms with Gasteiger partial charge in [-0.1, -0.05) is 26.0 Å². The van der Waals surface area contributed by atoms with Crippen LogP contribution in [0.4, 0.5) is 5.69 Å². The Balaban J connectivity index is 2.26. The van der Waals surface area contributed by atoms with Gasteiger partial charge in [0.2, 0.25) is 0 Å². The van der Waals surface area contributed by atoms with Crippen molar-refractivity contribution in [2.45, 2.75) is 19.8 Å².